The second-order valence-electron chi connectivity index (χ2n) is 5.96. The standard InChI is InChI=1S/C19H17ClN2O4/c20-13-7-5-12(6-8-13)15-11-16(14-3-1-2-4-17(14)23)22(21-15)18(24)9-10-19(25)26/h1-8,16,23H,9-11H2,(H,25,26)/t16-/m1/s1. The predicted molar refractivity (Wildman–Crippen MR) is 97.2 cm³/mol. The van der Waals surface area contributed by atoms with E-state index in [2.05, 4.69) is 5.10 Å². The van der Waals surface area contributed by atoms with Crippen molar-refractivity contribution in [2.45, 2.75) is 25.3 Å². The van der Waals surface area contributed by atoms with Crippen molar-refractivity contribution in [3.05, 3.63) is 64.7 Å². The molecule has 26 heavy (non-hydrogen) atoms. The summed E-state index contributed by atoms with van der Waals surface area (Å²) in [5.74, 6) is -1.37. The molecule has 0 aromatic heterocycles. The van der Waals surface area contributed by atoms with Crippen LogP contribution in [0.15, 0.2) is 53.6 Å². The molecule has 0 unspecified atom stereocenters. The van der Waals surface area contributed by atoms with E-state index >= 15 is 0 Å². The highest BCUT2D eigenvalue weighted by Crippen LogP contribution is 2.37. The van der Waals surface area contributed by atoms with Crippen LogP contribution >= 0.6 is 11.6 Å². The van der Waals surface area contributed by atoms with Crippen LogP contribution in [0, 0.1) is 0 Å². The number of carboxylic acids is 1. The highest BCUT2D eigenvalue weighted by atomic mass is 35.5. The van der Waals surface area contributed by atoms with Gasteiger partial charge in [-0.25, -0.2) is 5.01 Å². The number of aromatic hydroxyl groups is 1. The van der Waals surface area contributed by atoms with Crippen molar-refractivity contribution in [3.8, 4) is 5.75 Å². The van der Waals surface area contributed by atoms with E-state index in [1.807, 2.05) is 12.1 Å². The molecule has 1 amide bonds. The van der Waals surface area contributed by atoms with Gasteiger partial charge in [0.15, 0.2) is 0 Å². The maximum absolute atomic E-state index is 12.5. The Labute approximate surface area is 155 Å². The number of carboxylic acid groups (broad SMARTS) is 1. The minimum absolute atomic E-state index is 0.0705. The largest absolute Gasteiger partial charge is 0.508 e. The molecule has 0 aliphatic carbocycles. The minimum atomic E-state index is -1.04. The van der Waals surface area contributed by atoms with Crippen LogP contribution in [0.1, 0.15) is 36.4 Å². The minimum Gasteiger partial charge on any atom is -0.508 e. The number of hydrazone groups is 1. The lowest BCUT2D eigenvalue weighted by Crippen LogP contribution is -2.27. The first-order valence-corrected chi connectivity index (χ1v) is 8.48. The third-order valence-electron chi connectivity index (χ3n) is 4.19. The van der Waals surface area contributed by atoms with Crippen LogP contribution in [0.25, 0.3) is 0 Å². The van der Waals surface area contributed by atoms with E-state index in [1.165, 1.54) is 5.01 Å². The molecule has 1 heterocycles. The van der Waals surface area contributed by atoms with Crippen molar-refractivity contribution in [2.75, 3.05) is 0 Å². The number of rotatable bonds is 5. The summed E-state index contributed by atoms with van der Waals surface area (Å²) in [6.45, 7) is 0. The molecular formula is C19H17ClN2O4. The van der Waals surface area contributed by atoms with E-state index in [0.29, 0.717) is 22.7 Å². The van der Waals surface area contributed by atoms with Gasteiger partial charge in [0.05, 0.1) is 18.2 Å². The monoisotopic (exact) mass is 372 g/mol. The van der Waals surface area contributed by atoms with Gasteiger partial charge in [-0.2, -0.15) is 5.10 Å². The molecule has 0 bridgehead atoms. The third kappa shape index (κ3) is 3.86. The number of nitrogens with zero attached hydrogens (tertiary/aromatic N) is 2. The molecule has 1 aliphatic heterocycles. The second-order valence-corrected chi connectivity index (χ2v) is 6.40. The van der Waals surface area contributed by atoms with Crippen LogP contribution in [-0.2, 0) is 9.59 Å². The summed E-state index contributed by atoms with van der Waals surface area (Å²) in [7, 11) is 0. The van der Waals surface area contributed by atoms with E-state index in [4.69, 9.17) is 16.7 Å². The summed E-state index contributed by atoms with van der Waals surface area (Å²) < 4.78 is 0. The average molecular weight is 373 g/mol. The molecule has 0 saturated heterocycles. The quantitative estimate of drug-likeness (QED) is 0.839. The lowest BCUT2D eigenvalue weighted by atomic mass is 9.97. The molecular weight excluding hydrogens is 356 g/mol. The van der Waals surface area contributed by atoms with Gasteiger partial charge in [-0.05, 0) is 23.8 Å². The van der Waals surface area contributed by atoms with E-state index in [-0.39, 0.29) is 18.6 Å². The lowest BCUT2D eigenvalue weighted by molar-refractivity contribution is -0.141. The van der Waals surface area contributed by atoms with Gasteiger partial charge in [0.1, 0.15) is 5.75 Å². The zero-order chi connectivity index (χ0) is 18.7. The van der Waals surface area contributed by atoms with Crippen LogP contribution in [-0.4, -0.2) is 32.8 Å². The smallest absolute Gasteiger partial charge is 0.303 e. The fourth-order valence-electron chi connectivity index (χ4n) is 2.90. The van der Waals surface area contributed by atoms with Crippen molar-refractivity contribution >= 4 is 29.2 Å². The molecule has 0 radical (unpaired) electrons. The normalized spacial score (nSPS) is 16.4. The van der Waals surface area contributed by atoms with Crippen LogP contribution in [0.2, 0.25) is 5.02 Å². The zero-order valence-electron chi connectivity index (χ0n) is 13.8. The fourth-order valence-corrected chi connectivity index (χ4v) is 3.02. The Bertz CT molecular complexity index is 864. The first-order valence-electron chi connectivity index (χ1n) is 8.11. The summed E-state index contributed by atoms with van der Waals surface area (Å²) in [6, 6.07) is 13.4. The lowest BCUT2D eigenvalue weighted by Gasteiger charge is -2.22. The van der Waals surface area contributed by atoms with Gasteiger partial charge < -0.3 is 10.2 Å². The molecule has 2 aromatic rings. The second kappa shape index (κ2) is 7.58. The van der Waals surface area contributed by atoms with E-state index in [9.17, 15) is 14.7 Å². The Hall–Kier alpha value is -2.86. The Kier molecular flexibility index (Phi) is 5.23. The molecule has 134 valence electrons. The summed E-state index contributed by atoms with van der Waals surface area (Å²) in [6.07, 6.45) is -0.0104. The molecule has 1 atom stereocenters. The first kappa shape index (κ1) is 17.9. The van der Waals surface area contributed by atoms with Gasteiger partial charge in [-0.3, -0.25) is 9.59 Å². The fraction of sp³-hybridized carbons (Fsp3) is 0.211. The number of hydrogen-bond acceptors (Lipinski definition) is 4. The zero-order valence-corrected chi connectivity index (χ0v) is 14.6. The van der Waals surface area contributed by atoms with E-state index in [0.717, 1.165) is 5.56 Å². The highest BCUT2D eigenvalue weighted by molar-refractivity contribution is 6.30. The highest BCUT2D eigenvalue weighted by Gasteiger charge is 2.34. The van der Waals surface area contributed by atoms with Gasteiger partial charge in [0.25, 0.3) is 0 Å². The number of carbonyl (C=O) groups is 2. The summed E-state index contributed by atoms with van der Waals surface area (Å²) in [4.78, 5) is 23.3. The van der Waals surface area contributed by atoms with Gasteiger partial charge in [-0.1, -0.05) is 41.9 Å². The molecule has 0 saturated carbocycles. The topological polar surface area (TPSA) is 90.2 Å². The number of phenolic OH excluding ortho intramolecular Hbond substituents is 1. The van der Waals surface area contributed by atoms with E-state index in [1.54, 1.807) is 36.4 Å². The Morgan fingerprint density at radius 1 is 1.12 bits per heavy atom. The Morgan fingerprint density at radius 2 is 1.81 bits per heavy atom. The van der Waals surface area contributed by atoms with Gasteiger partial charge in [0, 0.05) is 23.4 Å². The van der Waals surface area contributed by atoms with Crippen LogP contribution < -0.4 is 0 Å². The molecule has 2 N–H and O–H groups in total. The number of phenols is 1. The van der Waals surface area contributed by atoms with Gasteiger partial charge in [0.2, 0.25) is 5.91 Å². The number of aliphatic carboxylic acids is 1. The molecule has 1 aliphatic rings. The number of amides is 1. The summed E-state index contributed by atoms with van der Waals surface area (Å²) in [5.41, 5.74) is 2.07. The summed E-state index contributed by atoms with van der Waals surface area (Å²) >= 11 is 5.92. The molecule has 0 spiro atoms. The SMILES string of the molecule is O=C(O)CCC(=O)N1N=C(c2ccc(Cl)cc2)C[C@@H]1c1ccccc1O. The molecule has 2 aromatic carbocycles. The number of halogens is 1. The molecule has 3 rings (SSSR count). The maximum Gasteiger partial charge on any atom is 0.303 e. The number of benzene rings is 2. The van der Waals surface area contributed by atoms with Gasteiger partial charge in [-0.15, -0.1) is 0 Å². The van der Waals surface area contributed by atoms with Crippen molar-refractivity contribution in [3.63, 3.8) is 0 Å². The number of hydrogen-bond donors (Lipinski definition) is 2. The van der Waals surface area contributed by atoms with E-state index < -0.39 is 17.9 Å². The van der Waals surface area contributed by atoms with Crippen molar-refractivity contribution < 1.29 is 19.8 Å². The number of para-hydroxylation sites is 1. The average Bonchev–Trinajstić information content (AvgIpc) is 3.06. The maximum atomic E-state index is 12.5. The number of carbonyl (C=O) groups excluding carboxylic acids is 1. The van der Waals surface area contributed by atoms with Crippen LogP contribution in [0.3, 0.4) is 0 Å². The molecule has 0 fully saturated rings. The van der Waals surface area contributed by atoms with Crippen LogP contribution in [0.4, 0.5) is 0 Å². The summed E-state index contributed by atoms with van der Waals surface area (Å²) in [5, 5.41) is 25.3. The van der Waals surface area contributed by atoms with Crippen molar-refractivity contribution in [1.82, 2.24) is 5.01 Å². The predicted octanol–water partition coefficient (Wildman–Crippen LogP) is 3.59. The van der Waals surface area contributed by atoms with Crippen molar-refractivity contribution in [2.24, 2.45) is 5.10 Å². The molecule has 6 nitrogen and oxygen atoms in total. The Morgan fingerprint density at radius 3 is 2.46 bits per heavy atom. The first-order chi connectivity index (χ1) is 12.5. The van der Waals surface area contributed by atoms with Gasteiger partial charge >= 0.3 is 5.97 Å². The van der Waals surface area contributed by atoms with Crippen molar-refractivity contribution in [1.29, 1.82) is 0 Å². The molecule has 7 heteroatoms. The Balaban J connectivity index is 1.93. The third-order valence-corrected chi connectivity index (χ3v) is 4.44. The van der Waals surface area contributed by atoms with Crippen LogP contribution in [0.5, 0.6) is 5.75 Å².